The first-order valence-electron chi connectivity index (χ1n) is 9.81. The van der Waals surface area contributed by atoms with Gasteiger partial charge in [0, 0.05) is 35.0 Å². The Labute approximate surface area is 165 Å². The molecule has 0 spiro atoms. The number of ether oxygens (including phenoxy) is 1. The fourth-order valence-corrected chi connectivity index (χ4v) is 4.07. The van der Waals surface area contributed by atoms with Gasteiger partial charge < -0.3 is 15.0 Å². The van der Waals surface area contributed by atoms with E-state index in [0.29, 0.717) is 18.6 Å². The molecule has 1 aromatic heterocycles. The first-order chi connectivity index (χ1) is 13.5. The highest BCUT2D eigenvalue weighted by atomic mass is 16.5. The van der Waals surface area contributed by atoms with Gasteiger partial charge in [0.25, 0.3) is 0 Å². The highest BCUT2D eigenvalue weighted by Crippen LogP contribution is 2.40. The Kier molecular flexibility index (Phi) is 4.71. The summed E-state index contributed by atoms with van der Waals surface area (Å²) in [6, 6.07) is 18.5. The Hall–Kier alpha value is -3.01. The number of fused-ring (bicyclic) bond motifs is 3. The number of esters is 1. The molecule has 0 saturated heterocycles. The highest BCUT2D eigenvalue weighted by molar-refractivity contribution is 6.19. The number of allylic oxidation sites excluding steroid dienone is 1. The average molecular weight is 374 g/mol. The normalized spacial score (nSPS) is 15.7. The van der Waals surface area contributed by atoms with Crippen molar-refractivity contribution >= 4 is 22.4 Å². The van der Waals surface area contributed by atoms with Crippen LogP contribution in [0.4, 0.5) is 0 Å². The van der Waals surface area contributed by atoms with Crippen molar-refractivity contribution in [3.05, 3.63) is 77.1 Å². The molecular formula is C24H26N2O2. The van der Waals surface area contributed by atoms with Crippen molar-refractivity contribution in [2.45, 2.75) is 32.6 Å². The molecular weight excluding hydrogens is 348 g/mol. The standard InChI is InChI=1S/C24H26N2O2/c1-4-28-23(27)20-19(14-16-10-6-5-7-11-16)25-15-24(2,3)21-17-12-8-9-13-18(17)26-22(20)21/h5-13,25-26H,4,14-15H2,1-3H3. The van der Waals surface area contributed by atoms with E-state index in [1.165, 1.54) is 5.56 Å². The van der Waals surface area contributed by atoms with Crippen LogP contribution in [0.5, 0.6) is 0 Å². The van der Waals surface area contributed by atoms with Crippen molar-refractivity contribution in [2.75, 3.05) is 13.2 Å². The van der Waals surface area contributed by atoms with Gasteiger partial charge in [-0.3, -0.25) is 0 Å². The summed E-state index contributed by atoms with van der Waals surface area (Å²) in [6.07, 6.45) is 0.653. The van der Waals surface area contributed by atoms with Crippen LogP contribution in [-0.4, -0.2) is 24.1 Å². The van der Waals surface area contributed by atoms with Gasteiger partial charge in [0.15, 0.2) is 0 Å². The van der Waals surface area contributed by atoms with E-state index >= 15 is 0 Å². The topological polar surface area (TPSA) is 54.1 Å². The van der Waals surface area contributed by atoms with Gasteiger partial charge >= 0.3 is 5.97 Å². The minimum Gasteiger partial charge on any atom is -0.462 e. The molecule has 1 aliphatic rings. The number of hydrogen-bond donors (Lipinski definition) is 2. The van der Waals surface area contributed by atoms with Crippen molar-refractivity contribution in [1.29, 1.82) is 0 Å². The minimum absolute atomic E-state index is 0.148. The smallest absolute Gasteiger partial charge is 0.342 e. The quantitative estimate of drug-likeness (QED) is 0.658. The molecule has 4 heteroatoms. The number of H-pyrrole nitrogens is 1. The van der Waals surface area contributed by atoms with Gasteiger partial charge in [-0.25, -0.2) is 4.79 Å². The van der Waals surface area contributed by atoms with Crippen LogP contribution in [0, 0.1) is 0 Å². The monoisotopic (exact) mass is 374 g/mol. The summed E-state index contributed by atoms with van der Waals surface area (Å²) in [4.78, 5) is 16.6. The maximum Gasteiger partial charge on any atom is 0.342 e. The number of carbonyl (C=O) groups is 1. The molecule has 0 bridgehead atoms. The molecule has 0 amide bonds. The summed E-state index contributed by atoms with van der Waals surface area (Å²) < 4.78 is 5.47. The zero-order valence-electron chi connectivity index (χ0n) is 16.6. The predicted molar refractivity (Wildman–Crippen MR) is 113 cm³/mol. The third-order valence-corrected chi connectivity index (χ3v) is 5.38. The van der Waals surface area contributed by atoms with Gasteiger partial charge in [-0.05, 0) is 24.1 Å². The van der Waals surface area contributed by atoms with Crippen LogP contribution >= 0.6 is 0 Å². The molecule has 3 aromatic rings. The maximum atomic E-state index is 13.1. The zero-order chi connectivity index (χ0) is 19.7. The molecule has 0 fully saturated rings. The average Bonchev–Trinajstić information content (AvgIpc) is 3.02. The third kappa shape index (κ3) is 3.19. The van der Waals surface area contributed by atoms with Gasteiger partial charge in [0.2, 0.25) is 0 Å². The Balaban J connectivity index is 1.95. The maximum absolute atomic E-state index is 13.1. The minimum atomic E-state index is -0.286. The second-order valence-electron chi connectivity index (χ2n) is 7.89. The SMILES string of the molecule is CCOC(=O)C1=C(Cc2ccccc2)NCC(C)(C)c2c1[nH]c1ccccc21. The van der Waals surface area contributed by atoms with E-state index < -0.39 is 0 Å². The van der Waals surface area contributed by atoms with Crippen LogP contribution in [0.2, 0.25) is 0 Å². The number of para-hydroxylation sites is 1. The summed E-state index contributed by atoms with van der Waals surface area (Å²) in [5, 5.41) is 4.73. The van der Waals surface area contributed by atoms with Crippen molar-refractivity contribution in [1.82, 2.24) is 10.3 Å². The van der Waals surface area contributed by atoms with Gasteiger partial charge in [-0.15, -0.1) is 0 Å². The Bertz CT molecular complexity index is 1040. The Morgan fingerprint density at radius 2 is 1.79 bits per heavy atom. The highest BCUT2D eigenvalue weighted by Gasteiger charge is 2.35. The molecule has 28 heavy (non-hydrogen) atoms. The van der Waals surface area contributed by atoms with Gasteiger partial charge in [0.05, 0.1) is 12.3 Å². The van der Waals surface area contributed by atoms with Gasteiger partial charge in [-0.2, -0.15) is 0 Å². The van der Waals surface area contributed by atoms with Crippen LogP contribution in [-0.2, 0) is 21.4 Å². The van der Waals surface area contributed by atoms with E-state index in [9.17, 15) is 4.79 Å². The summed E-state index contributed by atoms with van der Waals surface area (Å²) >= 11 is 0. The van der Waals surface area contributed by atoms with E-state index in [-0.39, 0.29) is 11.4 Å². The largest absolute Gasteiger partial charge is 0.462 e. The van der Waals surface area contributed by atoms with Crippen molar-refractivity contribution < 1.29 is 9.53 Å². The molecule has 4 rings (SSSR count). The second-order valence-corrected chi connectivity index (χ2v) is 7.89. The van der Waals surface area contributed by atoms with Crippen LogP contribution < -0.4 is 5.32 Å². The lowest BCUT2D eigenvalue weighted by Gasteiger charge is -2.25. The first-order valence-corrected chi connectivity index (χ1v) is 9.81. The molecule has 0 atom stereocenters. The first kappa shape index (κ1) is 18.4. The number of carbonyl (C=O) groups excluding carboxylic acids is 1. The molecule has 0 unspecified atom stereocenters. The molecule has 1 aliphatic heterocycles. The van der Waals surface area contributed by atoms with E-state index in [0.717, 1.165) is 34.4 Å². The fraction of sp³-hybridized carbons (Fsp3) is 0.292. The molecule has 2 aromatic carbocycles. The van der Waals surface area contributed by atoms with Crippen LogP contribution in [0.3, 0.4) is 0 Å². The van der Waals surface area contributed by atoms with E-state index in [1.807, 2.05) is 37.3 Å². The molecule has 2 heterocycles. The molecule has 2 N–H and O–H groups in total. The van der Waals surface area contributed by atoms with Crippen LogP contribution in [0.15, 0.2) is 60.3 Å². The summed E-state index contributed by atoms with van der Waals surface area (Å²) in [5.74, 6) is -0.286. The number of rotatable bonds is 4. The number of aromatic amines is 1. The summed E-state index contributed by atoms with van der Waals surface area (Å²) in [5.41, 5.74) is 5.62. The summed E-state index contributed by atoms with van der Waals surface area (Å²) in [7, 11) is 0. The second kappa shape index (κ2) is 7.19. The molecule has 4 nitrogen and oxygen atoms in total. The number of hydrogen-bond acceptors (Lipinski definition) is 3. The zero-order valence-corrected chi connectivity index (χ0v) is 16.6. The molecule has 144 valence electrons. The fourth-order valence-electron chi connectivity index (χ4n) is 4.07. The molecule has 0 radical (unpaired) electrons. The lowest BCUT2D eigenvalue weighted by atomic mass is 9.82. The van der Waals surface area contributed by atoms with Crippen molar-refractivity contribution in [3.63, 3.8) is 0 Å². The van der Waals surface area contributed by atoms with E-state index in [2.05, 4.69) is 48.4 Å². The number of nitrogens with one attached hydrogen (secondary N) is 2. The van der Waals surface area contributed by atoms with E-state index in [1.54, 1.807) is 0 Å². The van der Waals surface area contributed by atoms with Gasteiger partial charge in [0.1, 0.15) is 5.57 Å². The van der Waals surface area contributed by atoms with Gasteiger partial charge in [-0.1, -0.05) is 62.4 Å². The lowest BCUT2D eigenvalue weighted by Crippen LogP contribution is -2.31. The van der Waals surface area contributed by atoms with Crippen molar-refractivity contribution in [2.24, 2.45) is 0 Å². The predicted octanol–water partition coefficient (Wildman–Crippen LogP) is 4.57. The van der Waals surface area contributed by atoms with Crippen LogP contribution in [0.1, 0.15) is 37.6 Å². The summed E-state index contributed by atoms with van der Waals surface area (Å²) in [6.45, 7) is 7.36. The Morgan fingerprint density at radius 1 is 1.07 bits per heavy atom. The van der Waals surface area contributed by atoms with Crippen LogP contribution in [0.25, 0.3) is 16.5 Å². The lowest BCUT2D eigenvalue weighted by molar-refractivity contribution is -0.136. The number of benzene rings is 2. The van der Waals surface area contributed by atoms with Crippen molar-refractivity contribution in [3.8, 4) is 0 Å². The molecule has 0 saturated carbocycles. The third-order valence-electron chi connectivity index (χ3n) is 5.38. The number of aromatic nitrogens is 1. The Morgan fingerprint density at radius 3 is 2.54 bits per heavy atom. The molecule has 0 aliphatic carbocycles. The van der Waals surface area contributed by atoms with E-state index in [4.69, 9.17) is 4.74 Å².